The van der Waals surface area contributed by atoms with Crippen molar-refractivity contribution in [2.24, 2.45) is 0 Å². The van der Waals surface area contributed by atoms with Gasteiger partial charge >= 0.3 is 5.97 Å². The number of methoxy groups -OCH3 is 1. The molecule has 0 radical (unpaired) electrons. The van der Waals surface area contributed by atoms with Crippen molar-refractivity contribution in [2.75, 3.05) is 33.4 Å². The first-order valence-electron chi connectivity index (χ1n) is 9.89. The van der Waals surface area contributed by atoms with Crippen LogP contribution in [0.25, 0.3) is 0 Å². The summed E-state index contributed by atoms with van der Waals surface area (Å²) in [6, 6.07) is 4.40. The monoisotopic (exact) mass is 402 g/mol. The number of nitrogens with zero attached hydrogens (tertiary/aromatic N) is 2. The largest absolute Gasteiger partial charge is 0.452 e. The van der Waals surface area contributed by atoms with Crippen LogP contribution < -0.4 is 0 Å². The number of hydrogen-bond donors (Lipinski definition) is 0. The predicted octanol–water partition coefficient (Wildman–Crippen LogP) is 1.88. The van der Waals surface area contributed by atoms with Crippen LogP contribution in [0.5, 0.6) is 0 Å². The van der Waals surface area contributed by atoms with E-state index >= 15 is 0 Å². The zero-order valence-corrected chi connectivity index (χ0v) is 16.8. The standard InChI is InChI=1S/C21H26N2O6/c1-14-6-3-4-9-22(14)18(24)13-29-21(27)15-7-8-16-17(12-15)20(26)23(19(16)25)10-5-11-28-2/h7-8,12,14H,3-6,9-11,13H2,1-2H3/t14-/m0/s1. The predicted molar refractivity (Wildman–Crippen MR) is 104 cm³/mol. The van der Waals surface area contributed by atoms with Gasteiger partial charge in [-0.15, -0.1) is 0 Å². The second-order valence-corrected chi connectivity index (χ2v) is 7.38. The molecule has 0 N–H and O–H groups in total. The maximum Gasteiger partial charge on any atom is 0.338 e. The summed E-state index contributed by atoms with van der Waals surface area (Å²) in [5.74, 6) is -1.73. The molecule has 1 aromatic rings. The summed E-state index contributed by atoms with van der Waals surface area (Å²) in [5, 5.41) is 0. The lowest BCUT2D eigenvalue weighted by atomic mass is 10.0. The first kappa shape index (κ1) is 21.0. The summed E-state index contributed by atoms with van der Waals surface area (Å²) in [6.07, 6.45) is 3.52. The van der Waals surface area contributed by atoms with E-state index in [1.807, 2.05) is 6.92 Å². The van der Waals surface area contributed by atoms with Gasteiger partial charge in [0.15, 0.2) is 6.61 Å². The van der Waals surface area contributed by atoms with Gasteiger partial charge in [0.05, 0.1) is 16.7 Å². The molecule has 2 aliphatic heterocycles. The van der Waals surface area contributed by atoms with Gasteiger partial charge < -0.3 is 14.4 Å². The molecule has 0 unspecified atom stereocenters. The van der Waals surface area contributed by atoms with Gasteiger partial charge in [-0.2, -0.15) is 0 Å². The number of esters is 1. The van der Waals surface area contributed by atoms with Gasteiger partial charge in [0.2, 0.25) is 0 Å². The summed E-state index contributed by atoms with van der Waals surface area (Å²) < 4.78 is 10.1. The number of benzene rings is 1. The van der Waals surface area contributed by atoms with Gasteiger partial charge in [0.25, 0.3) is 17.7 Å². The quantitative estimate of drug-likeness (QED) is 0.393. The van der Waals surface area contributed by atoms with Gasteiger partial charge in [-0.3, -0.25) is 19.3 Å². The van der Waals surface area contributed by atoms with Crippen LogP contribution in [0.4, 0.5) is 0 Å². The number of hydrogen-bond acceptors (Lipinski definition) is 6. The molecule has 0 saturated carbocycles. The van der Waals surface area contributed by atoms with Crippen molar-refractivity contribution in [1.82, 2.24) is 9.80 Å². The molecule has 0 aliphatic carbocycles. The zero-order valence-electron chi connectivity index (χ0n) is 16.8. The summed E-state index contributed by atoms with van der Waals surface area (Å²) in [7, 11) is 1.55. The Morgan fingerprint density at radius 1 is 1.14 bits per heavy atom. The molecule has 1 fully saturated rings. The molecule has 1 aromatic carbocycles. The van der Waals surface area contributed by atoms with E-state index in [1.54, 1.807) is 12.0 Å². The Kier molecular flexibility index (Phi) is 6.64. The Morgan fingerprint density at radius 2 is 1.90 bits per heavy atom. The minimum absolute atomic E-state index is 0.141. The summed E-state index contributed by atoms with van der Waals surface area (Å²) in [6.45, 7) is 3.01. The zero-order chi connectivity index (χ0) is 21.0. The van der Waals surface area contributed by atoms with E-state index in [2.05, 4.69) is 0 Å². The lowest BCUT2D eigenvalue weighted by Crippen LogP contribution is -2.44. The molecule has 1 atom stereocenters. The average Bonchev–Trinajstić information content (AvgIpc) is 2.96. The molecule has 2 aliphatic rings. The van der Waals surface area contributed by atoms with Crippen LogP contribution in [0, 0.1) is 0 Å². The van der Waals surface area contributed by atoms with Crippen LogP contribution in [0.1, 0.15) is 63.7 Å². The first-order chi connectivity index (χ1) is 13.9. The SMILES string of the molecule is COCCCN1C(=O)c2ccc(C(=O)OCC(=O)N3CCCC[C@@H]3C)cc2C1=O. The van der Waals surface area contributed by atoms with E-state index in [-0.39, 0.29) is 47.7 Å². The topological polar surface area (TPSA) is 93.2 Å². The van der Waals surface area contributed by atoms with Gasteiger partial charge in [-0.1, -0.05) is 0 Å². The second kappa shape index (κ2) is 9.17. The van der Waals surface area contributed by atoms with Crippen LogP contribution in [-0.4, -0.2) is 72.9 Å². The van der Waals surface area contributed by atoms with Crippen molar-refractivity contribution in [3.63, 3.8) is 0 Å². The number of carbonyl (C=O) groups is 4. The molecule has 3 amide bonds. The lowest BCUT2D eigenvalue weighted by molar-refractivity contribution is -0.137. The number of rotatable bonds is 7. The van der Waals surface area contributed by atoms with E-state index in [9.17, 15) is 19.2 Å². The molecule has 0 bridgehead atoms. The van der Waals surface area contributed by atoms with Crippen LogP contribution in [0.3, 0.4) is 0 Å². The minimum Gasteiger partial charge on any atom is -0.452 e. The third kappa shape index (κ3) is 4.48. The van der Waals surface area contributed by atoms with E-state index in [0.717, 1.165) is 24.2 Å². The molecule has 8 heteroatoms. The van der Waals surface area contributed by atoms with Crippen LogP contribution in [-0.2, 0) is 14.3 Å². The average molecular weight is 402 g/mol. The molecule has 3 rings (SSSR count). The molecule has 156 valence electrons. The molecule has 8 nitrogen and oxygen atoms in total. The van der Waals surface area contributed by atoms with Crippen LogP contribution in [0.15, 0.2) is 18.2 Å². The fourth-order valence-corrected chi connectivity index (χ4v) is 3.75. The maximum atomic E-state index is 12.5. The van der Waals surface area contributed by atoms with E-state index < -0.39 is 11.9 Å². The number of imide groups is 1. The Balaban J connectivity index is 1.63. The van der Waals surface area contributed by atoms with Gasteiger partial charge in [-0.05, 0) is 50.8 Å². The Morgan fingerprint density at radius 3 is 2.62 bits per heavy atom. The molecule has 0 aromatic heterocycles. The Labute approximate surface area is 169 Å². The molecule has 29 heavy (non-hydrogen) atoms. The third-order valence-electron chi connectivity index (χ3n) is 5.39. The van der Waals surface area contributed by atoms with E-state index in [0.29, 0.717) is 19.6 Å². The lowest BCUT2D eigenvalue weighted by Gasteiger charge is -2.33. The second-order valence-electron chi connectivity index (χ2n) is 7.38. The molecule has 0 spiro atoms. The number of amides is 3. The fourth-order valence-electron chi connectivity index (χ4n) is 3.75. The van der Waals surface area contributed by atoms with Crippen molar-refractivity contribution in [3.05, 3.63) is 34.9 Å². The highest BCUT2D eigenvalue weighted by molar-refractivity contribution is 6.21. The first-order valence-corrected chi connectivity index (χ1v) is 9.89. The number of likely N-dealkylation sites (tertiary alicyclic amines) is 1. The molecule has 1 saturated heterocycles. The highest BCUT2D eigenvalue weighted by Crippen LogP contribution is 2.24. The van der Waals surface area contributed by atoms with Crippen LogP contribution in [0.2, 0.25) is 0 Å². The number of piperidine rings is 1. The van der Waals surface area contributed by atoms with E-state index in [4.69, 9.17) is 9.47 Å². The number of ether oxygens (including phenoxy) is 2. The van der Waals surface area contributed by atoms with E-state index in [1.165, 1.54) is 18.2 Å². The van der Waals surface area contributed by atoms with Crippen molar-refractivity contribution >= 4 is 23.7 Å². The normalized spacial score (nSPS) is 18.8. The van der Waals surface area contributed by atoms with Crippen molar-refractivity contribution in [1.29, 1.82) is 0 Å². The summed E-state index contributed by atoms with van der Waals surface area (Å²) in [5.41, 5.74) is 0.586. The summed E-state index contributed by atoms with van der Waals surface area (Å²) in [4.78, 5) is 52.5. The Hall–Kier alpha value is -2.74. The fraction of sp³-hybridized carbons (Fsp3) is 0.524. The smallest absolute Gasteiger partial charge is 0.338 e. The maximum absolute atomic E-state index is 12.5. The molecular formula is C21H26N2O6. The molecule has 2 heterocycles. The minimum atomic E-state index is -0.691. The highest BCUT2D eigenvalue weighted by Gasteiger charge is 2.35. The van der Waals surface area contributed by atoms with Gasteiger partial charge in [0.1, 0.15) is 0 Å². The van der Waals surface area contributed by atoms with Crippen LogP contribution >= 0.6 is 0 Å². The third-order valence-corrected chi connectivity index (χ3v) is 5.39. The molecular weight excluding hydrogens is 376 g/mol. The van der Waals surface area contributed by atoms with Crippen molar-refractivity contribution in [2.45, 2.75) is 38.6 Å². The van der Waals surface area contributed by atoms with Gasteiger partial charge in [-0.25, -0.2) is 4.79 Å². The number of carbonyl (C=O) groups excluding carboxylic acids is 4. The summed E-state index contributed by atoms with van der Waals surface area (Å²) >= 11 is 0. The highest BCUT2D eigenvalue weighted by atomic mass is 16.5. The van der Waals surface area contributed by atoms with Gasteiger partial charge in [0, 0.05) is 32.8 Å². The van der Waals surface area contributed by atoms with Crippen molar-refractivity contribution in [3.8, 4) is 0 Å². The van der Waals surface area contributed by atoms with Crippen molar-refractivity contribution < 1.29 is 28.7 Å². The number of fused-ring (bicyclic) bond motifs is 1. The Bertz CT molecular complexity index is 821.